The molecule has 1 aliphatic rings. The van der Waals surface area contributed by atoms with E-state index in [-0.39, 0.29) is 12.3 Å². The Kier molecular flexibility index (Phi) is 6.27. The van der Waals surface area contributed by atoms with Crippen LogP contribution in [0.15, 0.2) is 35.3 Å². The third-order valence-electron chi connectivity index (χ3n) is 4.24. The minimum atomic E-state index is -3.15. The average molecular weight is 352 g/mol. The van der Waals surface area contributed by atoms with E-state index >= 15 is 0 Å². The standard InChI is InChI=1S/C18H29N3O2S/c1-18(2,3)24(22,23)15-12-19-17(21-13-8-5-9-14-21)20-16-10-6-4-7-11-16/h4,6-7,10-11H,5,8-9,12-15H2,1-3H3,(H,19,20). The van der Waals surface area contributed by atoms with Crippen LogP contribution < -0.4 is 5.32 Å². The van der Waals surface area contributed by atoms with E-state index in [0.717, 1.165) is 37.6 Å². The van der Waals surface area contributed by atoms with Crippen LogP contribution in [0.25, 0.3) is 0 Å². The number of para-hydroxylation sites is 1. The van der Waals surface area contributed by atoms with Gasteiger partial charge in [0, 0.05) is 18.8 Å². The summed E-state index contributed by atoms with van der Waals surface area (Å²) in [5, 5.41) is 3.35. The number of piperidine rings is 1. The van der Waals surface area contributed by atoms with Crippen molar-refractivity contribution in [1.29, 1.82) is 0 Å². The van der Waals surface area contributed by atoms with Crippen molar-refractivity contribution in [1.82, 2.24) is 4.90 Å². The minimum absolute atomic E-state index is 0.0737. The quantitative estimate of drug-likeness (QED) is 0.669. The SMILES string of the molecule is CC(C)(C)S(=O)(=O)CCN=C(Nc1ccccc1)N1CCCCC1. The maximum absolute atomic E-state index is 12.3. The first-order valence-electron chi connectivity index (χ1n) is 8.63. The Morgan fingerprint density at radius 1 is 1.12 bits per heavy atom. The number of hydrogen-bond donors (Lipinski definition) is 1. The Labute approximate surface area is 146 Å². The first-order chi connectivity index (χ1) is 11.3. The van der Waals surface area contributed by atoms with Crippen molar-refractivity contribution in [3.63, 3.8) is 0 Å². The lowest BCUT2D eigenvalue weighted by Crippen LogP contribution is -2.40. The van der Waals surface area contributed by atoms with E-state index in [1.165, 1.54) is 6.42 Å². The first-order valence-corrected chi connectivity index (χ1v) is 10.3. The van der Waals surface area contributed by atoms with Crippen molar-refractivity contribution < 1.29 is 8.42 Å². The van der Waals surface area contributed by atoms with Crippen molar-refractivity contribution in [2.75, 3.05) is 30.7 Å². The van der Waals surface area contributed by atoms with E-state index < -0.39 is 14.6 Å². The molecule has 1 aromatic carbocycles. The van der Waals surface area contributed by atoms with E-state index in [1.54, 1.807) is 20.8 Å². The van der Waals surface area contributed by atoms with Gasteiger partial charge in [-0.15, -0.1) is 0 Å². The summed E-state index contributed by atoms with van der Waals surface area (Å²) in [6.07, 6.45) is 3.54. The fraction of sp³-hybridized carbons (Fsp3) is 0.611. The van der Waals surface area contributed by atoms with Gasteiger partial charge in [0.1, 0.15) is 0 Å². The zero-order valence-corrected chi connectivity index (χ0v) is 15.8. The molecule has 0 aromatic heterocycles. The Balaban J connectivity index is 2.10. The molecule has 0 atom stereocenters. The van der Waals surface area contributed by atoms with Crippen molar-refractivity contribution >= 4 is 21.5 Å². The van der Waals surface area contributed by atoms with Crippen LogP contribution in [0.4, 0.5) is 5.69 Å². The predicted molar refractivity (Wildman–Crippen MR) is 101 cm³/mol. The Bertz CT molecular complexity index is 643. The van der Waals surface area contributed by atoms with Gasteiger partial charge in [0.15, 0.2) is 15.8 Å². The third-order valence-corrected chi connectivity index (χ3v) is 6.83. The monoisotopic (exact) mass is 351 g/mol. The van der Waals surface area contributed by atoms with E-state index in [4.69, 9.17) is 0 Å². The summed E-state index contributed by atoms with van der Waals surface area (Å²) in [4.78, 5) is 6.82. The van der Waals surface area contributed by atoms with Crippen LogP contribution >= 0.6 is 0 Å². The molecular weight excluding hydrogens is 322 g/mol. The molecule has 24 heavy (non-hydrogen) atoms. The minimum Gasteiger partial charge on any atom is -0.343 e. The summed E-state index contributed by atoms with van der Waals surface area (Å²) in [6.45, 7) is 7.42. The van der Waals surface area contributed by atoms with Gasteiger partial charge in [0.05, 0.1) is 17.0 Å². The lowest BCUT2D eigenvalue weighted by molar-refractivity contribution is 0.340. The van der Waals surface area contributed by atoms with Gasteiger partial charge in [-0.2, -0.15) is 0 Å². The molecule has 1 heterocycles. The maximum Gasteiger partial charge on any atom is 0.198 e. The molecule has 134 valence electrons. The Morgan fingerprint density at radius 2 is 1.75 bits per heavy atom. The molecule has 1 fully saturated rings. The van der Waals surface area contributed by atoms with Crippen molar-refractivity contribution in [2.45, 2.75) is 44.8 Å². The lowest BCUT2D eigenvalue weighted by Gasteiger charge is -2.30. The third kappa shape index (κ3) is 5.23. The summed E-state index contributed by atoms with van der Waals surface area (Å²) in [5.74, 6) is 0.856. The zero-order chi connectivity index (χ0) is 17.6. The van der Waals surface area contributed by atoms with Crippen LogP contribution in [0.3, 0.4) is 0 Å². The summed E-state index contributed by atoms with van der Waals surface area (Å²) < 4.78 is 23.8. The zero-order valence-electron chi connectivity index (χ0n) is 15.0. The van der Waals surface area contributed by atoms with Gasteiger partial charge in [-0.05, 0) is 52.2 Å². The maximum atomic E-state index is 12.3. The molecule has 0 aliphatic carbocycles. The molecule has 1 saturated heterocycles. The largest absolute Gasteiger partial charge is 0.343 e. The fourth-order valence-electron chi connectivity index (χ4n) is 2.55. The van der Waals surface area contributed by atoms with E-state index in [1.807, 2.05) is 30.3 Å². The molecule has 1 N–H and O–H groups in total. The molecule has 1 aliphatic heterocycles. The predicted octanol–water partition coefficient (Wildman–Crippen LogP) is 3.15. The molecule has 6 heteroatoms. The molecule has 0 unspecified atom stereocenters. The van der Waals surface area contributed by atoms with Crippen LogP contribution in [0, 0.1) is 0 Å². The second-order valence-corrected chi connectivity index (χ2v) is 10.0. The number of sulfone groups is 1. The molecule has 0 amide bonds. The highest BCUT2D eigenvalue weighted by Gasteiger charge is 2.28. The van der Waals surface area contributed by atoms with Crippen LogP contribution in [-0.2, 0) is 9.84 Å². The van der Waals surface area contributed by atoms with Crippen molar-refractivity contribution in [3.8, 4) is 0 Å². The van der Waals surface area contributed by atoms with Crippen LogP contribution in [0.5, 0.6) is 0 Å². The smallest absolute Gasteiger partial charge is 0.198 e. The van der Waals surface area contributed by atoms with Gasteiger partial charge in [0.2, 0.25) is 0 Å². The summed E-state index contributed by atoms with van der Waals surface area (Å²) in [7, 11) is -3.15. The van der Waals surface area contributed by atoms with Gasteiger partial charge < -0.3 is 10.2 Å². The number of hydrogen-bond acceptors (Lipinski definition) is 3. The normalized spacial score (nSPS) is 17.0. The number of rotatable bonds is 4. The second kappa shape index (κ2) is 8.01. The fourth-order valence-corrected chi connectivity index (χ4v) is 3.50. The highest BCUT2D eigenvalue weighted by Crippen LogP contribution is 2.16. The summed E-state index contributed by atoms with van der Waals surface area (Å²) in [5.41, 5.74) is 0.973. The van der Waals surface area contributed by atoms with E-state index in [9.17, 15) is 8.42 Å². The number of nitrogens with one attached hydrogen (secondary N) is 1. The highest BCUT2D eigenvalue weighted by molar-refractivity contribution is 7.92. The molecule has 0 radical (unpaired) electrons. The highest BCUT2D eigenvalue weighted by atomic mass is 32.2. The number of likely N-dealkylation sites (tertiary alicyclic amines) is 1. The van der Waals surface area contributed by atoms with Crippen molar-refractivity contribution in [3.05, 3.63) is 30.3 Å². The van der Waals surface area contributed by atoms with Gasteiger partial charge in [-0.25, -0.2) is 8.42 Å². The Morgan fingerprint density at radius 3 is 2.33 bits per heavy atom. The molecular formula is C18H29N3O2S. The molecule has 0 bridgehead atoms. The van der Waals surface area contributed by atoms with E-state index in [0.29, 0.717) is 0 Å². The summed E-state index contributed by atoms with van der Waals surface area (Å²) in [6, 6.07) is 9.90. The molecule has 2 rings (SSSR count). The number of guanidine groups is 1. The lowest BCUT2D eigenvalue weighted by atomic mass is 10.1. The van der Waals surface area contributed by atoms with E-state index in [2.05, 4.69) is 15.2 Å². The topological polar surface area (TPSA) is 61.8 Å². The number of anilines is 1. The number of aliphatic imine (C=N–C) groups is 1. The molecule has 1 aromatic rings. The molecule has 0 saturated carbocycles. The second-order valence-electron chi connectivity index (χ2n) is 7.18. The van der Waals surface area contributed by atoms with Gasteiger partial charge >= 0.3 is 0 Å². The average Bonchev–Trinajstić information content (AvgIpc) is 2.54. The number of nitrogens with zero attached hydrogens (tertiary/aromatic N) is 2. The molecule has 0 spiro atoms. The summed E-state index contributed by atoms with van der Waals surface area (Å²) >= 11 is 0. The van der Waals surface area contributed by atoms with Gasteiger partial charge in [-0.1, -0.05) is 18.2 Å². The molecule has 5 nitrogen and oxygen atoms in total. The Hall–Kier alpha value is -1.56. The van der Waals surface area contributed by atoms with Crippen LogP contribution in [0.2, 0.25) is 0 Å². The number of benzene rings is 1. The van der Waals surface area contributed by atoms with Crippen molar-refractivity contribution in [2.24, 2.45) is 4.99 Å². The van der Waals surface area contributed by atoms with Gasteiger partial charge in [0.25, 0.3) is 0 Å². The van der Waals surface area contributed by atoms with Gasteiger partial charge in [-0.3, -0.25) is 4.99 Å². The first kappa shape index (κ1) is 18.8. The van der Waals surface area contributed by atoms with Crippen LogP contribution in [0.1, 0.15) is 40.0 Å². The van der Waals surface area contributed by atoms with Crippen LogP contribution in [-0.4, -0.2) is 49.4 Å².